The van der Waals surface area contributed by atoms with Gasteiger partial charge in [-0.1, -0.05) is 0 Å². The van der Waals surface area contributed by atoms with Crippen LogP contribution in [0.15, 0.2) is 41.5 Å². The van der Waals surface area contributed by atoms with Crippen LogP contribution in [0.1, 0.15) is 24.3 Å². The fourth-order valence-corrected chi connectivity index (χ4v) is 1.33. The number of nitrogens with zero attached hydrogens (tertiary/aromatic N) is 2. The van der Waals surface area contributed by atoms with Gasteiger partial charge in [0, 0.05) is 24.5 Å². The Hall–Kier alpha value is -1.68. The highest BCUT2D eigenvalue weighted by atomic mass is 16.3. The lowest BCUT2D eigenvalue weighted by atomic mass is 10.2. The largest absolute Gasteiger partial charge is 0.468 e. The predicted octanol–water partition coefficient (Wildman–Crippen LogP) is 1.92. The van der Waals surface area contributed by atoms with Gasteiger partial charge >= 0.3 is 0 Å². The highest BCUT2D eigenvalue weighted by Gasteiger charge is 2.06. The molecule has 0 radical (unpaired) electrons. The molecule has 2 aromatic rings. The maximum atomic E-state index is 5.29. The third kappa shape index (κ3) is 2.63. The standard InChI is InChI=1S/C11H13N3O/c1-9(11-3-2-4-15-11)14-7-10-5-12-8-13-6-10/h2-6,8-9,14H,7H2,1H3/t9-/m1/s1. The molecular weight excluding hydrogens is 190 g/mol. The van der Waals surface area contributed by atoms with Crippen molar-refractivity contribution in [1.29, 1.82) is 0 Å². The third-order valence-electron chi connectivity index (χ3n) is 2.20. The number of aromatic nitrogens is 2. The van der Waals surface area contributed by atoms with Crippen molar-refractivity contribution in [3.8, 4) is 0 Å². The Balaban J connectivity index is 1.89. The summed E-state index contributed by atoms with van der Waals surface area (Å²) in [6.45, 7) is 2.80. The number of furan rings is 1. The first-order valence-corrected chi connectivity index (χ1v) is 4.87. The molecule has 4 heteroatoms. The summed E-state index contributed by atoms with van der Waals surface area (Å²) in [6, 6.07) is 4.04. The summed E-state index contributed by atoms with van der Waals surface area (Å²) in [5.74, 6) is 0.937. The lowest BCUT2D eigenvalue weighted by Gasteiger charge is -2.10. The highest BCUT2D eigenvalue weighted by molar-refractivity contribution is 5.06. The molecule has 15 heavy (non-hydrogen) atoms. The van der Waals surface area contributed by atoms with E-state index in [9.17, 15) is 0 Å². The predicted molar refractivity (Wildman–Crippen MR) is 56.0 cm³/mol. The SMILES string of the molecule is C[C@@H](NCc1cncnc1)c1ccco1. The van der Waals surface area contributed by atoms with Crippen LogP contribution in [0.5, 0.6) is 0 Å². The second-order valence-electron chi connectivity index (χ2n) is 3.36. The maximum Gasteiger partial charge on any atom is 0.120 e. The Bertz CT molecular complexity index is 385. The number of nitrogens with one attached hydrogen (secondary N) is 1. The second-order valence-corrected chi connectivity index (χ2v) is 3.36. The van der Waals surface area contributed by atoms with Gasteiger partial charge in [-0.05, 0) is 19.1 Å². The van der Waals surface area contributed by atoms with Crippen LogP contribution in [0.2, 0.25) is 0 Å². The van der Waals surface area contributed by atoms with Gasteiger partial charge in [0.25, 0.3) is 0 Å². The van der Waals surface area contributed by atoms with E-state index in [-0.39, 0.29) is 6.04 Å². The molecule has 0 amide bonds. The van der Waals surface area contributed by atoms with Gasteiger partial charge in [-0.2, -0.15) is 0 Å². The number of hydrogen-bond acceptors (Lipinski definition) is 4. The first kappa shape index (κ1) is 9.86. The van der Waals surface area contributed by atoms with E-state index in [0.717, 1.165) is 17.9 Å². The van der Waals surface area contributed by atoms with Gasteiger partial charge in [-0.25, -0.2) is 9.97 Å². The van der Waals surface area contributed by atoms with Crippen LogP contribution in [0.4, 0.5) is 0 Å². The van der Waals surface area contributed by atoms with E-state index in [1.807, 2.05) is 12.1 Å². The van der Waals surface area contributed by atoms with Gasteiger partial charge in [-0.15, -0.1) is 0 Å². The van der Waals surface area contributed by atoms with E-state index >= 15 is 0 Å². The Labute approximate surface area is 88.4 Å². The van der Waals surface area contributed by atoms with Gasteiger partial charge in [-0.3, -0.25) is 0 Å². The van der Waals surface area contributed by atoms with Crippen LogP contribution in [-0.2, 0) is 6.54 Å². The minimum absolute atomic E-state index is 0.195. The van der Waals surface area contributed by atoms with Gasteiger partial charge in [0.15, 0.2) is 0 Å². The number of hydrogen-bond donors (Lipinski definition) is 1. The van der Waals surface area contributed by atoms with Crippen molar-refractivity contribution in [1.82, 2.24) is 15.3 Å². The zero-order chi connectivity index (χ0) is 10.5. The Morgan fingerprint density at radius 3 is 2.87 bits per heavy atom. The zero-order valence-electron chi connectivity index (χ0n) is 8.55. The van der Waals surface area contributed by atoms with E-state index in [4.69, 9.17) is 4.42 Å². The molecule has 0 fully saturated rings. The lowest BCUT2D eigenvalue weighted by molar-refractivity contribution is 0.430. The Kier molecular flexibility index (Phi) is 3.09. The molecule has 1 atom stereocenters. The average molecular weight is 203 g/mol. The Morgan fingerprint density at radius 2 is 2.20 bits per heavy atom. The van der Waals surface area contributed by atoms with Crippen molar-refractivity contribution in [2.75, 3.05) is 0 Å². The minimum Gasteiger partial charge on any atom is -0.468 e. The molecule has 2 aromatic heterocycles. The van der Waals surface area contributed by atoms with E-state index in [2.05, 4.69) is 22.2 Å². The molecule has 0 aliphatic heterocycles. The monoisotopic (exact) mass is 203 g/mol. The molecule has 0 unspecified atom stereocenters. The molecule has 2 heterocycles. The summed E-state index contributed by atoms with van der Waals surface area (Å²) in [6.07, 6.45) is 6.81. The summed E-state index contributed by atoms with van der Waals surface area (Å²) in [5, 5.41) is 3.33. The molecule has 1 N–H and O–H groups in total. The van der Waals surface area contributed by atoms with Gasteiger partial charge < -0.3 is 9.73 Å². The zero-order valence-corrected chi connectivity index (χ0v) is 8.55. The normalized spacial score (nSPS) is 12.6. The smallest absolute Gasteiger partial charge is 0.120 e. The first-order chi connectivity index (χ1) is 7.36. The van der Waals surface area contributed by atoms with E-state index in [1.54, 1.807) is 18.7 Å². The lowest BCUT2D eigenvalue weighted by Crippen LogP contribution is -2.17. The van der Waals surface area contributed by atoms with Crippen molar-refractivity contribution in [3.63, 3.8) is 0 Å². The summed E-state index contributed by atoms with van der Waals surface area (Å²) in [5.41, 5.74) is 1.07. The molecule has 0 aliphatic rings. The van der Waals surface area contributed by atoms with Gasteiger partial charge in [0.2, 0.25) is 0 Å². The number of rotatable bonds is 4. The van der Waals surface area contributed by atoms with Crippen molar-refractivity contribution >= 4 is 0 Å². The summed E-state index contributed by atoms with van der Waals surface area (Å²) < 4.78 is 5.29. The molecule has 0 aliphatic carbocycles. The quantitative estimate of drug-likeness (QED) is 0.824. The topological polar surface area (TPSA) is 51.0 Å². The van der Waals surface area contributed by atoms with Crippen molar-refractivity contribution in [3.05, 3.63) is 48.4 Å². The van der Waals surface area contributed by atoms with E-state index in [0.29, 0.717) is 0 Å². The molecule has 0 spiro atoms. The van der Waals surface area contributed by atoms with E-state index in [1.165, 1.54) is 6.33 Å². The Morgan fingerprint density at radius 1 is 1.40 bits per heavy atom. The molecule has 0 saturated carbocycles. The second kappa shape index (κ2) is 4.70. The van der Waals surface area contributed by atoms with Crippen LogP contribution in [0.25, 0.3) is 0 Å². The molecule has 78 valence electrons. The summed E-state index contributed by atoms with van der Waals surface area (Å²) in [7, 11) is 0. The summed E-state index contributed by atoms with van der Waals surface area (Å²) in [4.78, 5) is 7.90. The van der Waals surface area contributed by atoms with Crippen molar-refractivity contribution < 1.29 is 4.42 Å². The molecular formula is C11H13N3O. The van der Waals surface area contributed by atoms with Crippen LogP contribution in [0.3, 0.4) is 0 Å². The van der Waals surface area contributed by atoms with Crippen molar-refractivity contribution in [2.24, 2.45) is 0 Å². The van der Waals surface area contributed by atoms with Crippen molar-refractivity contribution in [2.45, 2.75) is 19.5 Å². The fraction of sp³-hybridized carbons (Fsp3) is 0.273. The minimum atomic E-state index is 0.195. The van der Waals surface area contributed by atoms with Crippen LogP contribution >= 0.6 is 0 Å². The highest BCUT2D eigenvalue weighted by Crippen LogP contribution is 2.12. The van der Waals surface area contributed by atoms with Gasteiger partial charge in [0.05, 0.1) is 12.3 Å². The first-order valence-electron chi connectivity index (χ1n) is 4.87. The molecule has 0 aromatic carbocycles. The molecule has 4 nitrogen and oxygen atoms in total. The van der Waals surface area contributed by atoms with Crippen LogP contribution in [0, 0.1) is 0 Å². The molecule has 0 saturated heterocycles. The average Bonchev–Trinajstić information content (AvgIpc) is 2.81. The summed E-state index contributed by atoms with van der Waals surface area (Å²) >= 11 is 0. The van der Waals surface area contributed by atoms with E-state index < -0.39 is 0 Å². The third-order valence-corrected chi connectivity index (χ3v) is 2.20. The van der Waals surface area contributed by atoms with Crippen LogP contribution < -0.4 is 5.32 Å². The molecule has 0 bridgehead atoms. The fourth-order valence-electron chi connectivity index (χ4n) is 1.33. The van der Waals surface area contributed by atoms with Gasteiger partial charge in [0.1, 0.15) is 12.1 Å². The molecule has 2 rings (SSSR count). The van der Waals surface area contributed by atoms with Crippen LogP contribution in [-0.4, -0.2) is 9.97 Å². The maximum absolute atomic E-state index is 5.29.